The smallest absolute Gasteiger partial charge is 0.277 e. The fourth-order valence-corrected chi connectivity index (χ4v) is 3.40. The third kappa shape index (κ3) is 3.80. The van der Waals surface area contributed by atoms with E-state index in [0.29, 0.717) is 17.0 Å². The van der Waals surface area contributed by atoms with Gasteiger partial charge in [-0.05, 0) is 30.2 Å². The summed E-state index contributed by atoms with van der Waals surface area (Å²) in [6.07, 6.45) is 1.30. The maximum Gasteiger partial charge on any atom is 0.277 e. The highest BCUT2D eigenvalue weighted by atomic mass is 16.5. The van der Waals surface area contributed by atoms with Gasteiger partial charge in [-0.1, -0.05) is 42.5 Å². The molecule has 4 rings (SSSR count). The number of carbonyl (C=O) groups excluding carboxylic acids is 1. The number of H-pyrrole nitrogens is 1. The number of fused-ring (bicyclic) bond motifs is 1. The highest BCUT2D eigenvalue weighted by molar-refractivity contribution is 5.79. The van der Waals surface area contributed by atoms with E-state index in [0.717, 1.165) is 11.1 Å². The summed E-state index contributed by atoms with van der Waals surface area (Å²) in [6, 6.07) is 16.8. The molecule has 0 radical (unpaired) electrons. The lowest BCUT2D eigenvalue weighted by molar-refractivity contribution is -0.121. The number of nitrogens with zero attached hydrogens (tertiary/aromatic N) is 3. The minimum absolute atomic E-state index is 0.0903. The summed E-state index contributed by atoms with van der Waals surface area (Å²) < 4.78 is 6.56. The van der Waals surface area contributed by atoms with E-state index in [9.17, 15) is 9.59 Å². The third-order valence-corrected chi connectivity index (χ3v) is 4.94. The number of benzene rings is 2. The Bertz CT molecular complexity index is 1250. The molecule has 2 aromatic carbocycles. The van der Waals surface area contributed by atoms with Crippen molar-refractivity contribution in [1.82, 2.24) is 24.9 Å². The minimum Gasteiger partial charge on any atom is -0.497 e. The average Bonchev–Trinajstić information content (AvgIpc) is 3.24. The fourth-order valence-electron chi connectivity index (χ4n) is 3.40. The summed E-state index contributed by atoms with van der Waals surface area (Å²) in [4.78, 5) is 33.9. The van der Waals surface area contributed by atoms with Crippen molar-refractivity contribution in [1.29, 1.82) is 0 Å². The van der Waals surface area contributed by atoms with Crippen molar-refractivity contribution in [2.75, 3.05) is 7.11 Å². The quantitative estimate of drug-likeness (QED) is 0.514. The Morgan fingerprint density at radius 3 is 2.70 bits per heavy atom. The van der Waals surface area contributed by atoms with Crippen molar-refractivity contribution in [3.63, 3.8) is 0 Å². The Hall–Kier alpha value is -3.94. The van der Waals surface area contributed by atoms with Gasteiger partial charge in [0.15, 0.2) is 0 Å². The van der Waals surface area contributed by atoms with Crippen molar-refractivity contribution in [3.05, 3.63) is 93.7 Å². The normalized spacial score (nSPS) is 11.9. The average molecular weight is 403 g/mol. The number of hydrogen-bond acceptors (Lipinski definition) is 5. The standard InChI is InChI=1S/C22H21N5O3/c1-14-18(21(29)27-22(25-14)23-13-24-27)12-19(28)26-20(15-7-4-3-5-8-15)16-9-6-10-17(11-16)30-2/h3-11,13,20H,12H2,1-2H3,(H,26,28)(H,23,24,25)/t20-/m0/s1. The van der Waals surface area contributed by atoms with Crippen LogP contribution in [0, 0.1) is 6.92 Å². The molecule has 0 bridgehead atoms. The van der Waals surface area contributed by atoms with E-state index in [1.165, 1.54) is 10.8 Å². The predicted octanol–water partition coefficient (Wildman–Crippen LogP) is 2.18. The third-order valence-electron chi connectivity index (χ3n) is 4.94. The molecule has 0 aliphatic rings. The first kappa shape index (κ1) is 19.4. The second kappa shape index (κ2) is 8.20. The molecular weight excluding hydrogens is 382 g/mol. The molecule has 0 saturated carbocycles. The molecule has 0 aliphatic heterocycles. The Balaban J connectivity index is 1.65. The molecule has 1 atom stereocenters. The Morgan fingerprint density at radius 2 is 1.93 bits per heavy atom. The second-order valence-corrected chi connectivity index (χ2v) is 6.87. The molecule has 2 heterocycles. The van der Waals surface area contributed by atoms with Crippen LogP contribution < -0.4 is 15.6 Å². The first-order chi connectivity index (χ1) is 14.6. The number of hydrogen-bond donors (Lipinski definition) is 2. The number of aromatic nitrogens is 4. The molecule has 0 unspecified atom stereocenters. The van der Waals surface area contributed by atoms with E-state index < -0.39 is 0 Å². The largest absolute Gasteiger partial charge is 0.497 e. The van der Waals surface area contributed by atoms with Crippen LogP contribution in [0.15, 0.2) is 65.7 Å². The summed E-state index contributed by atoms with van der Waals surface area (Å²) in [7, 11) is 1.60. The molecule has 8 heteroatoms. The van der Waals surface area contributed by atoms with Gasteiger partial charge in [0.2, 0.25) is 5.91 Å². The van der Waals surface area contributed by atoms with Gasteiger partial charge in [-0.3, -0.25) is 14.7 Å². The molecule has 30 heavy (non-hydrogen) atoms. The number of ether oxygens (including phenoxy) is 1. The maximum absolute atomic E-state index is 13.0. The van der Waals surface area contributed by atoms with Crippen LogP contribution in [0.4, 0.5) is 0 Å². The Morgan fingerprint density at radius 1 is 1.17 bits per heavy atom. The van der Waals surface area contributed by atoms with Crippen LogP contribution in [0.1, 0.15) is 28.4 Å². The molecule has 152 valence electrons. The molecule has 0 spiro atoms. The van der Waals surface area contributed by atoms with E-state index in [4.69, 9.17) is 4.74 Å². The van der Waals surface area contributed by atoms with E-state index in [-0.39, 0.29) is 29.7 Å². The molecule has 0 saturated heterocycles. The van der Waals surface area contributed by atoms with E-state index >= 15 is 0 Å². The number of nitrogens with one attached hydrogen (secondary N) is 2. The lowest BCUT2D eigenvalue weighted by Gasteiger charge is -2.20. The van der Waals surface area contributed by atoms with Gasteiger partial charge in [0, 0.05) is 5.56 Å². The number of aromatic amines is 1. The van der Waals surface area contributed by atoms with Gasteiger partial charge in [-0.25, -0.2) is 9.97 Å². The van der Waals surface area contributed by atoms with Gasteiger partial charge in [0.05, 0.1) is 25.3 Å². The van der Waals surface area contributed by atoms with Gasteiger partial charge >= 0.3 is 0 Å². The van der Waals surface area contributed by atoms with Crippen LogP contribution in [0.3, 0.4) is 0 Å². The highest BCUT2D eigenvalue weighted by Crippen LogP contribution is 2.25. The van der Waals surface area contributed by atoms with E-state index in [1.54, 1.807) is 14.0 Å². The fraction of sp³-hybridized carbons (Fsp3) is 0.182. The molecule has 0 aliphatic carbocycles. The monoisotopic (exact) mass is 403 g/mol. The van der Waals surface area contributed by atoms with Crippen LogP contribution in [-0.2, 0) is 11.2 Å². The van der Waals surface area contributed by atoms with Crippen LogP contribution in [0.5, 0.6) is 5.75 Å². The van der Waals surface area contributed by atoms with Crippen LogP contribution in [-0.4, -0.2) is 32.6 Å². The first-order valence-corrected chi connectivity index (χ1v) is 9.46. The van der Waals surface area contributed by atoms with Gasteiger partial charge in [0.1, 0.15) is 12.1 Å². The zero-order valence-electron chi connectivity index (χ0n) is 16.6. The lowest BCUT2D eigenvalue weighted by atomic mass is 9.98. The molecule has 2 aromatic heterocycles. The van der Waals surface area contributed by atoms with Crippen LogP contribution >= 0.6 is 0 Å². The van der Waals surface area contributed by atoms with Crippen molar-refractivity contribution >= 4 is 11.7 Å². The first-order valence-electron chi connectivity index (χ1n) is 9.46. The molecule has 1 amide bonds. The molecular formula is C22H21N5O3. The molecule has 2 N–H and O–H groups in total. The Kier molecular flexibility index (Phi) is 5.30. The summed E-state index contributed by atoms with van der Waals surface area (Å²) in [5.41, 5.74) is 2.29. The molecule has 4 aromatic rings. The van der Waals surface area contributed by atoms with Crippen molar-refractivity contribution in [3.8, 4) is 5.75 Å². The van der Waals surface area contributed by atoms with Gasteiger partial charge < -0.3 is 10.1 Å². The molecule has 8 nitrogen and oxygen atoms in total. The summed E-state index contributed by atoms with van der Waals surface area (Å²) in [6.45, 7) is 1.70. The van der Waals surface area contributed by atoms with E-state index in [2.05, 4.69) is 20.4 Å². The lowest BCUT2D eigenvalue weighted by Crippen LogP contribution is -2.33. The number of aryl methyl sites for hydroxylation is 1. The van der Waals surface area contributed by atoms with Gasteiger partial charge in [0.25, 0.3) is 11.3 Å². The maximum atomic E-state index is 13.0. The minimum atomic E-state index is -0.388. The van der Waals surface area contributed by atoms with Crippen molar-refractivity contribution < 1.29 is 9.53 Å². The van der Waals surface area contributed by atoms with Crippen molar-refractivity contribution in [2.45, 2.75) is 19.4 Å². The number of amides is 1. The summed E-state index contributed by atoms with van der Waals surface area (Å²) in [5, 5.41) is 5.77. The number of carbonyl (C=O) groups is 1. The van der Waals surface area contributed by atoms with Crippen LogP contribution in [0.2, 0.25) is 0 Å². The van der Waals surface area contributed by atoms with Crippen LogP contribution in [0.25, 0.3) is 5.78 Å². The topological polar surface area (TPSA) is 101 Å². The number of rotatable bonds is 6. The summed E-state index contributed by atoms with van der Waals surface area (Å²) in [5.74, 6) is 0.694. The Labute approximate surface area is 172 Å². The zero-order valence-corrected chi connectivity index (χ0v) is 16.6. The summed E-state index contributed by atoms with van der Waals surface area (Å²) >= 11 is 0. The number of methoxy groups -OCH3 is 1. The SMILES string of the molecule is COc1cccc([C@@H](NC(=O)Cc2c(C)nc3nc[nH]n3c2=O)c2ccccc2)c1. The van der Waals surface area contributed by atoms with Gasteiger partial charge in [-0.15, -0.1) is 0 Å². The predicted molar refractivity (Wildman–Crippen MR) is 111 cm³/mol. The van der Waals surface area contributed by atoms with E-state index in [1.807, 2.05) is 54.6 Å². The molecule has 0 fully saturated rings. The van der Waals surface area contributed by atoms with Gasteiger partial charge in [-0.2, -0.15) is 4.52 Å². The highest BCUT2D eigenvalue weighted by Gasteiger charge is 2.20. The van der Waals surface area contributed by atoms with Crippen molar-refractivity contribution in [2.24, 2.45) is 0 Å². The second-order valence-electron chi connectivity index (χ2n) is 6.87. The zero-order chi connectivity index (χ0) is 21.1.